The molecule has 0 saturated carbocycles. The van der Waals surface area contributed by atoms with Crippen molar-refractivity contribution >= 4 is 29.5 Å². The van der Waals surface area contributed by atoms with E-state index in [2.05, 4.69) is 15.6 Å². The maximum atomic E-state index is 13.5. The van der Waals surface area contributed by atoms with Crippen LogP contribution < -0.4 is 5.43 Å². The number of aromatic nitrogens is 2. The van der Waals surface area contributed by atoms with Gasteiger partial charge in [0.25, 0.3) is 0 Å². The Bertz CT molecular complexity index is 1080. The van der Waals surface area contributed by atoms with Crippen molar-refractivity contribution < 1.29 is 18.5 Å². The first kappa shape index (κ1) is 19.2. The number of nitro groups is 1. The lowest BCUT2D eigenvalue weighted by molar-refractivity contribution is -0.389. The van der Waals surface area contributed by atoms with Gasteiger partial charge in [0.05, 0.1) is 17.0 Å². The van der Waals surface area contributed by atoms with Crippen molar-refractivity contribution in [2.24, 2.45) is 5.10 Å². The number of benzene rings is 1. The molecule has 1 amide bonds. The van der Waals surface area contributed by atoms with Crippen molar-refractivity contribution in [2.75, 3.05) is 0 Å². The summed E-state index contributed by atoms with van der Waals surface area (Å²) in [5.74, 6) is -1.26. The Morgan fingerprint density at radius 2 is 2.18 bits per heavy atom. The number of nitrogens with one attached hydrogen (secondary N) is 1. The van der Waals surface area contributed by atoms with Crippen LogP contribution in [-0.4, -0.2) is 26.8 Å². The summed E-state index contributed by atoms with van der Waals surface area (Å²) in [6, 6.07) is 8.90. The molecule has 28 heavy (non-hydrogen) atoms. The lowest BCUT2D eigenvalue weighted by atomic mass is 10.2. The predicted octanol–water partition coefficient (Wildman–Crippen LogP) is 3.30. The zero-order chi connectivity index (χ0) is 20.3. The fourth-order valence-electron chi connectivity index (χ4n) is 2.31. The van der Waals surface area contributed by atoms with Crippen LogP contribution in [-0.2, 0) is 6.54 Å². The van der Waals surface area contributed by atoms with E-state index in [9.17, 15) is 19.3 Å². The first-order valence-electron chi connectivity index (χ1n) is 7.90. The molecule has 9 nitrogen and oxygen atoms in total. The molecule has 11 heteroatoms. The van der Waals surface area contributed by atoms with Crippen molar-refractivity contribution in [3.05, 3.63) is 80.1 Å². The van der Waals surface area contributed by atoms with Gasteiger partial charge in [-0.25, -0.2) is 9.82 Å². The number of hydrogen-bond acceptors (Lipinski definition) is 6. The van der Waals surface area contributed by atoms with E-state index < -0.39 is 22.5 Å². The SMILES string of the molecule is Cc1c(Cl)c([N+](=O)[O-])nn1Cc1ccc(C(=O)N/N=C/c2ccccc2F)o1. The summed E-state index contributed by atoms with van der Waals surface area (Å²) in [5, 5.41) is 18.3. The zero-order valence-corrected chi connectivity index (χ0v) is 15.2. The Hall–Kier alpha value is -3.53. The molecule has 0 bridgehead atoms. The molecular formula is C17H13ClFN5O4. The molecule has 2 aromatic heterocycles. The van der Waals surface area contributed by atoms with Gasteiger partial charge in [0, 0.05) is 5.56 Å². The molecule has 0 aliphatic carbocycles. The van der Waals surface area contributed by atoms with E-state index in [1.54, 1.807) is 19.1 Å². The highest BCUT2D eigenvalue weighted by atomic mass is 35.5. The van der Waals surface area contributed by atoms with Gasteiger partial charge in [0.2, 0.25) is 0 Å². The molecule has 0 aliphatic rings. The first-order valence-corrected chi connectivity index (χ1v) is 8.28. The highest BCUT2D eigenvalue weighted by Crippen LogP contribution is 2.27. The minimum Gasteiger partial charge on any atom is -0.454 e. The van der Waals surface area contributed by atoms with Gasteiger partial charge in [-0.05, 0) is 30.0 Å². The van der Waals surface area contributed by atoms with Crippen LogP contribution in [0.15, 0.2) is 45.9 Å². The Kier molecular flexibility index (Phi) is 5.50. The average Bonchev–Trinajstić information content (AvgIpc) is 3.24. The maximum absolute atomic E-state index is 13.5. The molecule has 0 atom stereocenters. The van der Waals surface area contributed by atoms with Gasteiger partial charge in [-0.2, -0.15) is 9.78 Å². The summed E-state index contributed by atoms with van der Waals surface area (Å²) in [6.45, 7) is 1.63. The number of furan rings is 1. The number of hydrogen-bond donors (Lipinski definition) is 1. The van der Waals surface area contributed by atoms with Gasteiger partial charge >= 0.3 is 11.7 Å². The van der Waals surface area contributed by atoms with Gasteiger partial charge < -0.3 is 14.5 Å². The molecule has 3 aromatic rings. The Morgan fingerprint density at radius 3 is 2.86 bits per heavy atom. The van der Waals surface area contributed by atoms with Crippen LogP contribution in [0.4, 0.5) is 10.2 Å². The van der Waals surface area contributed by atoms with E-state index in [0.29, 0.717) is 11.5 Å². The van der Waals surface area contributed by atoms with Gasteiger partial charge in [0.1, 0.15) is 18.1 Å². The lowest BCUT2D eigenvalue weighted by Crippen LogP contribution is -2.17. The second-order valence-corrected chi connectivity index (χ2v) is 6.00. The Balaban J connectivity index is 1.67. The van der Waals surface area contributed by atoms with E-state index in [1.165, 1.54) is 35.2 Å². The highest BCUT2D eigenvalue weighted by molar-refractivity contribution is 6.33. The topological polar surface area (TPSA) is 116 Å². The molecule has 0 aliphatic heterocycles. The summed E-state index contributed by atoms with van der Waals surface area (Å²) in [5.41, 5.74) is 2.84. The molecule has 144 valence electrons. The molecule has 3 rings (SSSR count). The number of carbonyl (C=O) groups is 1. The quantitative estimate of drug-likeness (QED) is 0.383. The number of carbonyl (C=O) groups excluding carboxylic acids is 1. The predicted molar refractivity (Wildman–Crippen MR) is 97.9 cm³/mol. The lowest BCUT2D eigenvalue weighted by Gasteiger charge is -1.98. The number of nitrogens with zero attached hydrogens (tertiary/aromatic N) is 4. The minimum atomic E-state index is -0.680. The zero-order valence-electron chi connectivity index (χ0n) is 14.4. The van der Waals surface area contributed by atoms with Crippen molar-refractivity contribution in [1.82, 2.24) is 15.2 Å². The third kappa shape index (κ3) is 4.07. The van der Waals surface area contributed by atoms with Crippen LogP contribution in [0.2, 0.25) is 5.02 Å². The van der Waals surface area contributed by atoms with E-state index in [4.69, 9.17) is 16.0 Å². The maximum Gasteiger partial charge on any atom is 0.408 e. The fourth-order valence-corrected chi connectivity index (χ4v) is 2.51. The second kappa shape index (κ2) is 8.01. The number of halogens is 2. The first-order chi connectivity index (χ1) is 13.4. The van der Waals surface area contributed by atoms with Gasteiger partial charge in [-0.15, -0.1) is 0 Å². The van der Waals surface area contributed by atoms with Crippen LogP contribution in [0.3, 0.4) is 0 Å². The standard InChI is InChI=1S/C17H13ClFN5O4/c1-10-15(18)16(24(26)27)22-23(10)9-12-6-7-14(28-12)17(25)21-20-8-11-4-2-3-5-13(11)19/h2-8H,9H2,1H3,(H,21,25)/b20-8+. The molecular weight excluding hydrogens is 393 g/mol. The highest BCUT2D eigenvalue weighted by Gasteiger charge is 2.24. The molecule has 0 spiro atoms. The summed E-state index contributed by atoms with van der Waals surface area (Å²) < 4.78 is 20.2. The molecule has 0 saturated heterocycles. The smallest absolute Gasteiger partial charge is 0.408 e. The van der Waals surface area contributed by atoms with Gasteiger partial charge in [0.15, 0.2) is 10.8 Å². The number of rotatable bonds is 6. The summed E-state index contributed by atoms with van der Waals surface area (Å²) in [7, 11) is 0. The minimum absolute atomic E-state index is 0.0360. The van der Waals surface area contributed by atoms with E-state index >= 15 is 0 Å². The molecule has 1 N–H and O–H groups in total. The van der Waals surface area contributed by atoms with Crippen LogP contribution in [0.1, 0.15) is 27.6 Å². The Morgan fingerprint density at radius 1 is 1.43 bits per heavy atom. The molecule has 0 fully saturated rings. The van der Waals surface area contributed by atoms with Crippen molar-refractivity contribution in [2.45, 2.75) is 13.5 Å². The van der Waals surface area contributed by atoms with Crippen molar-refractivity contribution in [1.29, 1.82) is 0 Å². The largest absolute Gasteiger partial charge is 0.454 e. The fraction of sp³-hybridized carbons (Fsp3) is 0.118. The molecule has 1 aromatic carbocycles. The summed E-state index contributed by atoms with van der Waals surface area (Å²) in [6.07, 6.45) is 1.17. The second-order valence-electron chi connectivity index (χ2n) is 5.62. The third-order valence-corrected chi connectivity index (χ3v) is 4.20. The van der Waals surface area contributed by atoms with E-state index in [1.807, 2.05) is 0 Å². The normalized spacial score (nSPS) is 11.1. The number of hydrazone groups is 1. The van der Waals surface area contributed by atoms with Crippen molar-refractivity contribution in [3.8, 4) is 0 Å². The van der Waals surface area contributed by atoms with E-state index in [-0.39, 0.29) is 22.9 Å². The summed E-state index contributed by atoms with van der Waals surface area (Å²) >= 11 is 5.89. The van der Waals surface area contributed by atoms with Crippen LogP contribution >= 0.6 is 11.6 Å². The number of amides is 1. The van der Waals surface area contributed by atoms with Gasteiger partial charge in [-0.1, -0.05) is 29.8 Å². The third-order valence-electron chi connectivity index (χ3n) is 3.76. The van der Waals surface area contributed by atoms with Crippen LogP contribution in [0, 0.1) is 22.9 Å². The molecule has 0 unspecified atom stereocenters. The van der Waals surface area contributed by atoms with Gasteiger partial charge in [-0.3, -0.25) is 4.79 Å². The molecule has 2 heterocycles. The van der Waals surface area contributed by atoms with E-state index in [0.717, 1.165) is 0 Å². The average molecular weight is 406 g/mol. The van der Waals surface area contributed by atoms with Crippen LogP contribution in [0.5, 0.6) is 0 Å². The van der Waals surface area contributed by atoms with Crippen LogP contribution in [0.25, 0.3) is 0 Å². The Labute approximate surface area is 162 Å². The van der Waals surface area contributed by atoms with Crippen molar-refractivity contribution in [3.63, 3.8) is 0 Å². The molecule has 0 radical (unpaired) electrons. The summed E-state index contributed by atoms with van der Waals surface area (Å²) in [4.78, 5) is 22.3. The monoisotopic (exact) mass is 405 g/mol.